The Bertz CT molecular complexity index is 617. The van der Waals surface area contributed by atoms with Gasteiger partial charge in [0.05, 0.1) is 6.54 Å². The maximum absolute atomic E-state index is 13.1. The fourth-order valence-electron chi connectivity index (χ4n) is 1.92. The Labute approximate surface area is 134 Å². The molecule has 0 radical (unpaired) electrons. The molecule has 0 aliphatic rings. The Hall–Kier alpha value is -1.99. The van der Waals surface area contributed by atoms with Crippen LogP contribution in [0.15, 0.2) is 36.5 Å². The highest BCUT2D eigenvalue weighted by molar-refractivity contribution is 7.80. The Morgan fingerprint density at radius 1 is 1.41 bits per heavy atom. The molecule has 0 saturated carbocycles. The summed E-state index contributed by atoms with van der Waals surface area (Å²) in [5.74, 6) is 0.407. The largest absolute Gasteiger partial charge is 0.385 e. The summed E-state index contributed by atoms with van der Waals surface area (Å²) in [6.45, 7) is 1.94. The van der Waals surface area contributed by atoms with Gasteiger partial charge in [0, 0.05) is 32.5 Å². The van der Waals surface area contributed by atoms with E-state index in [0.717, 1.165) is 18.5 Å². The van der Waals surface area contributed by atoms with E-state index in [1.807, 2.05) is 18.3 Å². The molecule has 0 spiro atoms. The number of thiocarbonyl (C=S) groups is 1. The smallest absolute Gasteiger partial charge is 0.171 e. The van der Waals surface area contributed by atoms with E-state index in [4.69, 9.17) is 17.0 Å². The average Bonchev–Trinajstić information content (AvgIpc) is 2.91. The van der Waals surface area contributed by atoms with Crippen molar-refractivity contribution in [2.45, 2.75) is 13.0 Å². The molecule has 22 heavy (non-hydrogen) atoms. The van der Waals surface area contributed by atoms with Crippen molar-refractivity contribution in [1.82, 2.24) is 15.1 Å². The maximum Gasteiger partial charge on any atom is 0.171 e. The number of rotatable bonds is 7. The molecule has 1 aromatic carbocycles. The van der Waals surface area contributed by atoms with Crippen molar-refractivity contribution in [2.24, 2.45) is 0 Å². The second kappa shape index (κ2) is 8.45. The molecule has 118 valence electrons. The molecule has 2 N–H and O–H groups in total. The van der Waals surface area contributed by atoms with Crippen LogP contribution in [0.25, 0.3) is 0 Å². The zero-order valence-electron chi connectivity index (χ0n) is 12.4. The van der Waals surface area contributed by atoms with Gasteiger partial charge in [-0.1, -0.05) is 12.1 Å². The lowest BCUT2D eigenvalue weighted by atomic mass is 10.2. The van der Waals surface area contributed by atoms with Gasteiger partial charge in [-0.05, 0) is 36.3 Å². The van der Waals surface area contributed by atoms with Gasteiger partial charge in [0.25, 0.3) is 0 Å². The van der Waals surface area contributed by atoms with E-state index in [9.17, 15) is 4.39 Å². The molecule has 0 aliphatic carbocycles. The van der Waals surface area contributed by atoms with Crippen LogP contribution in [0.3, 0.4) is 0 Å². The van der Waals surface area contributed by atoms with E-state index in [-0.39, 0.29) is 5.82 Å². The predicted octanol–water partition coefficient (Wildman–Crippen LogP) is 2.39. The summed E-state index contributed by atoms with van der Waals surface area (Å²) in [5, 5.41) is 11.0. The number of benzene rings is 1. The number of nitrogens with zero attached hydrogens (tertiary/aromatic N) is 2. The quantitative estimate of drug-likeness (QED) is 0.605. The molecule has 0 fully saturated rings. The number of nitrogens with one attached hydrogen (secondary N) is 2. The zero-order chi connectivity index (χ0) is 15.8. The van der Waals surface area contributed by atoms with Gasteiger partial charge in [-0.25, -0.2) is 4.39 Å². The number of halogens is 1. The summed E-state index contributed by atoms with van der Waals surface area (Å²) in [7, 11) is 1.67. The van der Waals surface area contributed by atoms with Gasteiger partial charge in [0.1, 0.15) is 5.82 Å². The first-order valence-corrected chi connectivity index (χ1v) is 7.40. The molecule has 2 rings (SSSR count). The number of aromatic nitrogens is 2. The van der Waals surface area contributed by atoms with Gasteiger partial charge in [-0.15, -0.1) is 0 Å². The molecule has 1 aromatic heterocycles. The number of hydrogen-bond donors (Lipinski definition) is 2. The zero-order valence-corrected chi connectivity index (χ0v) is 13.2. The molecule has 0 saturated heterocycles. The fourth-order valence-corrected chi connectivity index (χ4v) is 2.12. The highest BCUT2D eigenvalue weighted by Crippen LogP contribution is 2.08. The topological polar surface area (TPSA) is 51.1 Å². The molecular weight excluding hydrogens is 303 g/mol. The van der Waals surface area contributed by atoms with Crippen molar-refractivity contribution in [1.29, 1.82) is 0 Å². The summed E-state index contributed by atoms with van der Waals surface area (Å²) in [6, 6.07) is 8.29. The molecule has 0 unspecified atom stereocenters. The molecule has 0 amide bonds. The van der Waals surface area contributed by atoms with Crippen molar-refractivity contribution >= 4 is 23.1 Å². The van der Waals surface area contributed by atoms with Gasteiger partial charge in [0.2, 0.25) is 0 Å². The predicted molar refractivity (Wildman–Crippen MR) is 88.4 cm³/mol. The van der Waals surface area contributed by atoms with E-state index in [2.05, 4.69) is 15.7 Å². The molecule has 1 heterocycles. The van der Waals surface area contributed by atoms with Gasteiger partial charge in [-0.2, -0.15) is 5.10 Å². The fraction of sp³-hybridized carbons (Fsp3) is 0.333. The second-order valence-corrected chi connectivity index (χ2v) is 5.16. The number of hydrogen-bond acceptors (Lipinski definition) is 3. The van der Waals surface area contributed by atoms with E-state index in [0.29, 0.717) is 24.1 Å². The van der Waals surface area contributed by atoms with Crippen LogP contribution in [-0.2, 0) is 11.3 Å². The van der Waals surface area contributed by atoms with Crippen LogP contribution in [0.1, 0.15) is 12.0 Å². The normalized spacial score (nSPS) is 10.5. The third-order valence-electron chi connectivity index (χ3n) is 2.93. The maximum atomic E-state index is 13.1. The summed E-state index contributed by atoms with van der Waals surface area (Å²) < 4.78 is 19.8. The third-order valence-corrected chi connectivity index (χ3v) is 3.17. The monoisotopic (exact) mass is 322 g/mol. The third kappa shape index (κ3) is 5.42. The van der Waals surface area contributed by atoms with Gasteiger partial charge >= 0.3 is 0 Å². The van der Waals surface area contributed by atoms with Gasteiger partial charge in [0.15, 0.2) is 10.9 Å². The van der Waals surface area contributed by atoms with Crippen molar-refractivity contribution in [3.8, 4) is 0 Å². The summed E-state index contributed by atoms with van der Waals surface area (Å²) in [4.78, 5) is 0. The number of ether oxygens (including phenoxy) is 1. The van der Waals surface area contributed by atoms with Crippen molar-refractivity contribution in [3.63, 3.8) is 0 Å². The van der Waals surface area contributed by atoms with Crippen LogP contribution in [0.2, 0.25) is 0 Å². The highest BCUT2D eigenvalue weighted by Gasteiger charge is 2.03. The summed E-state index contributed by atoms with van der Waals surface area (Å²) in [6.07, 6.45) is 2.70. The minimum Gasteiger partial charge on any atom is -0.385 e. The minimum absolute atomic E-state index is 0.246. The molecule has 0 bridgehead atoms. The molecule has 0 aliphatic heterocycles. The van der Waals surface area contributed by atoms with Crippen molar-refractivity contribution < 1.29 is 9.13 Å². The lowest BCUT2D eigenvalue weighted by Gasteiger charge is -2.08. The van der Waals surface area contributed by atoms with Crippen LogP contribution in [0.4, 0.5) is 10.2 Å². The SMILES string of the molecule is COCCCNC(=S)Nc1ccn(Cc2cccc(F)c2)n1. The average molecular weight is 322 g/mol. The van der Waals surface area contributed by atoms with E-state index < -0.39 is 0 Å². The Morgan fingerprint density at radius 3 is 3.05 bits per heavy atom. The standard InChI is InChI=1S/C15H19FN4OS/c1-21-9-3-7-17-15(22)18-14-6-8-20(19-14)11-12-4-2-5-13(16)10-12/h2,4-6,8,10H,3,7,9,11H2,1H3,(H2,17,18,19,22). The van der Waals surface area contributed by atoms with Crippen LogP contribution < -0.4 is 10.6 Å². The Morgan fingerprint density at radius 2 is 2.27 bits per heavy atom. The minimum atomic E-state index is -0.246. The molecule has 5 nitrogen and oxygen atoms in total. The van der Waals surface area contributed by atoms with Crippen molar-refractivity contribution in [3.05, 3.63) is 47.9 Å². The first-order chi connectivity index (χ1) is 10.7. The van der Waals surface area contributed by atoms with Gasteiger partial charge in [-0.3, -0.25) is 4.68 Å². The van der Waals surface area contributed by atoms with Crippen LogP contribution in [0.5, 0.6) is 0 Å². The lowest BCUT2D eigenvalue weighted by molar-refractivity contribution is 0.196. The first kappa shape index (κ1) is 16.4. The summed E-state index contributed by atoms with van der Waals surface area (Å²) >= 11 is 5.18. The number of anilines is 1. The Kier molecular flexibility index (Phi) is 6.29. The van der Waals surface area contributed by atoms with E-state index >= 15 is 0 Å². The molecule has 0 atom stereocenters. The highest BCUT2D eigenvalue weighted by atomic mass is 32.1. The van der Waals surface area contributed by atoms with Crippen LogP contribution in [0, 0.1) is 5.82 Å². The molecular formula is C15H19FN4OS. The molecule has 2 aromatic rings. The van der Waals surface area contributed by atoms with Crippen LogP contribution in [-0.4, -0.2) is 35.2 Å². The first-order valence-electron chi connectivity index (χ1n) is 6.99. The lowest BCUT2D eigenvalue weighted by Crippen LogP contribution is -2.30. The summed E-state index contributed by atoms with van der Waals surface area (Å²) in [5.41, 5.74) is 0.856. The van der Waals surface area contributed by atoms with E-state index in [1.54, 1.807) is 17.9 Å². The van der Waals surface area contributed by atoms with Crippen molar-refractivity contribution in [2.75, 3.05) is 25.6 Å². The van der Waals surface area contributed by atoms with Gasteiger partial charge < -0.3 is 15.4 Å². The Balaban J connectivity index is 1.82. The van der Waals surface area contributed by atoms with Crippen LogP contribution >= 0.6 is 12.2 Å². The second-order valence-electron chi connectivity index (χ2n) is 4.76. The van der Waals surface area contributed by atoms with E-state index in [1.165, 1.54) is 12.1 Å². The molecule has 7 heteroatoms. The number of methoxy groups -OCH3 is 1.